The molecule has 1 amide bonds. The third-order valence-corrected chi connectivity index (χ3v) is 5.45. The standard InChI is InChI=1S/C19H25ClF3N3O2/c20-17-5-4-14(11-16(17)19(21,22)23)24-18(27)13-26-8-6-25(7-9-26)12-15-3-1-2-10-28-15/h4-5,11,15H,1-3,6-10,12-13H2,(H,24,27)/t15-/m1/s1. The van der Waals surface area contributed by atoms with Crippen LogP contribution >= 0.6 is 11.6 Å². The van der Waals surface area contributed by atoms with E-state index in [0.717, 1.165) is 64.3 Å². The van der Waals surface area contributed by atoms with Gasteiger partial charge in [0.1, 0.15) is 0 Å². The largest absolute Gasteiger partial charge is 0.417 e. The average Bonchev–Trinajstić information content (AvgIpc) is 2.65. The number of carbonyl (C=O) groups is 1. The zero-order chi connectivity index (χ0) is 20.1. The molecular weight excluding hydrogens is 395 g/mol. The number of ether oxygens (including phenoxy) is 1. The Morgan fingerprint density at radius 2 is 1.89 bits per heavy atom. The van der Waals surface area contributed by atoms with Crippen molar-refractivity contribution in [2.24, 2.45) is 0 Å². The molecule has 0 aliphatic carbocycles. The Hall–Kier alpha value is -1.35. The summed E-state index contributed by atoms with van der Waals surface area (Å²) in [6, 6.07) is 3.38. The van der Waals surface area contributed by atoms with Gasteiger partial charge in [-0.2, -0.15) is 13.2 Å². The lowest BCUT2D eigenvalue weighted by Gasteiger charge is -2.36. The molecule has 0 radical (unpaired) electrons. The molecule has 1 atom stereocenters. The quantitative estimate of drug-likeness (QED) is 0.793. The topological polar surface area (TPSA) is 44.8 Å². The van der Waals surface area contributed by atoms with Crippen molar-refractivity contribution in [3.63, 3.8) is 0 Å². The van der Waals surface area contributed by atoms with E-state index in [0.29, 0.717) is 6.10 Å². The molecule has 2 fully saturated rings. The first kappa shape index (κ1) is 21.4. The maximum absolute atomic E-state index is 12.9. The number of alkyl halides is 3. The molecule has 2 saturated heterocycles. The second-order valence-electron chi connectivity index (χ2n) is 7.31. The first-order valence-corrected chi connectivity index (χ1v) is 9.92. The maximum Gasteiger partial charge on any atom is 0.417 e. The fourth-order valence-electron chi connectivity index (χ4n) is 3.59. The molecule has 5 nitrogen and oxygen atoms in total. The van der Waals surface area contributed by atoms with Gasteiger partial charge < -0.3 is 10.1 Å². The molecule has 0 unspecified atom stereocenters. The van der Waals surface area contributed by atoms with Gasteiger partial charge in [0.25, 0.3) is 0 Å². The van der Waals surface area contributed by atoms with Gasteiger partial charge in [-0.3, -0.25) is 14.6 Å². The van der Waals surface area contributed by atoms with Gasteiger partial charge in [0.2, 0.25) is 5.91 Å². The Morgan fingerprint density at radius 1 is 1.18 bits per heavy atom. The molecule has 28 heavy (non-hydrogen) atoms. The normalized spacial score (nSPS) is 22.2. The molecule has 2 aliphatic rings. The summed E-state index contributed by atoms with van der Waals surface area (Å²) in [6.45, 7) is 5.11. The van der Waals surface area contributed by atoms with Gasteiger partial charge in [-0.15, -0.1) is 0 Å². The van der Waals surface area contributed by atoms with Crippen LogP contribution < -0.4 is 5.32 Å². The maximum atomic E-state index is 12.9. The number of amides is 1. The molecule has 0 saturated carbocycles. The number of nitrogens with zero attached hydrogens (tertiary/aromatic N) is 2. The predicted octanol–water partition coefficient (Wildman–Crippen LogP) is 3.48. The Balaban J connectivity index is 1.44. The number of benzene rings is 1. The van der Waals surface area contributed by atoms with Gasteiger partial charge in [-0.25, -0.2) is 0 Å². The van der Waals surface area contributed by atoms with Gasteiger partial charge >= 0.3 is 6.18 Å². The van der Waals surface area contributed by atoms with E-state index in [-0.39, 0.29) is 23.2 Å². The van der Waals surface area contributed by atoms with Gasteiger partial charge in [-0.05, 0) is 37.5 Å². The van der Waals surface area contributed by atoms with Crippen LogP contribution in [0, 0.1) is 0 Å². The van der Waals surface area contributed by atoms with E-state index in [1.54, 1.807) is 0 Å². The smallest absolute Gasteiger partial charge is 0.377 e. The van der Waals surface area contributed by atoms with E-state index in [1.807, 2.05) is 4.90 Å². The first-order valence-electron chi connectivity index (χ1n) is 9.54. The fourth-order valence-corrected chi connectivity index (χ4v) is 3.82. The van der Waals surface area contributed by atoms with Crippen LogP contribution in [0.1, 0.15) is 24.8 Å². The van der Waals surface area contributed by atoms with Crippen LogP contribution in [0.3, 0.4) is 0 Å². The van der Waals surface area contributed by atoms with Gasteiger partial charge in [-0.1, -0.05) is 11.6 Å². The molecule has 1 aromatic carbocycles. The van der Waals surface area contributed by atoms with Crippen molar-refractivity contribution in [3.05, 3.63) is 28.8 Å². The molecule has 3 rings (SSSR count). The minimum Gasteiger partial charge on any atom is -0.377 e. The summed E-state index contributed by atoms with van der Waals surface area (Å²) < 4.78 is 44.5. The molecule has 0 aromatic heterocycles. The number of hydrogen-bond donors (Lipinski definition) is 1. The number of piperazine rings is 1. The van der Waals surface area contributed by atoms with Crippen LogP contribution in [0.15, 0.2) is 18.2 Å². The minimum atomic E-state index is -4.56. The highest BCUT2D eigenvalue weighted by molar-refractivity contribution is 6.31. The third kappa shape index (κ3) is 6.07. The zero-order valence-corrected chi connectivity index (χ0v) is 16.4. The number of rotatable bonds is 5. The summed E-state index contributed by atoms with van der Waals surface area (Å²) >= 11 is 5.60. The van der Waals surface area contributed by atoms with Crippen LogP contribution in [-0.2, 0) is 15.7 Å². The summed E-state index contributed by atoms with van der Waals surface area (Å²) in [4.78, 5) is 16.6. The highest BCUT2D eigenvalue weighted by Gasteiger charge is 2.33. The summed E-state index contributed by atoms with van der Waals surface area (Å²) in [7, 11) is 0. The average molecular weight is 420 g/mol. The van der Waals surface area contributed by atoms with Crippen LogP contribution in [0.2, 0.25) is 5.02 Å². The third-order valence-electron chi connectivity index (χ3n) is 5.12. The van der Waals surface area contributed by atoms with Crippen molar-refractivity contribution in [1.82, 2.24) is 9.80 Å². The van der Waals surface area contributed by atoms with Crippen molar-refractivity contribution in [2.75, 3.05) is 51.2 Å². The van der Waals surface area contributed by atoms with E-state index in [9.17, 15) is 18.0 Å². The second-order valence-corrected chi connectivity index (χ2v) is 7.71. The summed E-state index contributed by atoms with van der Waals surface area (Å²) in [5.41, 5.74) is -0.861. The van der Waals surface area contributed by atoms with Crippen molar-refractivity contribution >= 4 is 23.2 Å². The molecule has 2 heterocycles. The van der Waals surface area contributed by atoms with Gasteiger partial charge in [0, 0.05) is 45.0 Å². The number of carbonyl (C=O) groups excluding carboxylic acids is 1. The summed E-state index contributed by atoms with van der Waals surface area (Å²) in [6.07, 6.45) is -0.806. The minimum absolute atomic E-state index is 0.0924. The summed E-state index contributed by atoms with van der Waals surface area (Å²) in [5.74, 6) is -0.334. The lowest BCUT2D eigenvalue weighted by Crippen LogP contribution is -2.50. The van der Waals surface area contributed by atoms with Crippen LogP contribution in [0.5, 0.6) is 0 Å². The second kappa shape index (κ2) is 9.43. The lowest BCUT2D eigenvalue weighted by atomic mass is 10.1. The van der Waals surface area contributed by atoms with E-state index in [1.165, 1.54) is 12.5 Å². The van der Waals surface area contributed by atoms with Crippen LogP contribution in [-0.4, -0.2) is 67.7 Å². The van der Waals surface area contributed by atoms with Crippen molar-refractivity contribution < 1.29 is 22.7 Å². The van der Waals surface area contributed by atoms with Crippen molar-refractivity contribution in [2.45, 2.75) is 31.5 Å². The van der Waals surface area contributed by atoms with Gasteiger partial charge in [0.05, 0.1) is 23.2 Å². The Morgan fingerprint density at radius 3 is 2.54 bits per heavy atom. The highest BCUT2D eigenvalue weighted by atomic mass is 35.5. The van der Waals surface area contributed by atoms with Crippen molar-refractivity contribution in [1.29, 1.82) is 0 Å². The van der Waals surface area contributed by atoms with E-state index in [2.05, 4.69) is 10.2 Å². The van der Waals surface area contributed by atoms with Crippen LogP contribution in [0.25, 0.3) is 0 Å². The van der Waals surface area contributed by atoms with E-state index < -0.39 is 11.7 Å². The molecule has 1 aromatic rings. The van der Waals surface area contributed by atoms with Crippen LogP contribution in [0.4, 0.5) is 18.9 Å². The monoisotopic (exact) mass is 419 g/mol. The molecule has 2 aliphatic heterocycles. The molecule has 1 N–H and O–H groups in total. The lowest BCUT2D eigenvalue weighted by molar-refractivity contribution is -0.137. The Bertz CT molecular complexity index is 673. The molecular formula is C19H25ClF3N3O2. The predicted molar refractivity (Wildman–Crippen MR) is 102 cm³/mol. The molecule has 0 bridgehead atoms. The van der Waals surface area contributed by atoms with Crippen molar-refractivity contribution in [3.8, 4) is 0 Å². The number of nitrogens with one attached hydrogen (secondary N) is 1. The SMILES string of the molecule is O=C(CN1CCN(C[C@H]2CCCCO2)CC1)Nc1ccc(Cl)c(C(F)(F)F)c1. The molecule has 9 heteroatoms. The van der Waals surface area contributed by atoms with E-state index in [4.69, 9.17) is 16.3 Å². The van der Waals surface area contributed by atoms with E-state index >= 15 is 0 Å². The zero-order valence-electron chi connectivity index (χ0n) is 15.6. The molecule has 0 spiro atoms. The highest BCUT2D eigenvalue weighted by Crippen LogP contribution is 2.36. The summed E-state index contributed by atoms with van der Waals surface area (Å²) in [5, 5.41) is 2.15. The van der Waals surface area contributed by atoms with Gasteiger partial charge in [0.15, 0.2) is 0 Å². The first-order chi connectivity index (χ1) is 13.3. The fraction of sp³-hybridized carbons (Fsp3) is 0.632. The number of anilines is 1. The number of halogens is 4. The Labute approximate surface area is 167 Å². The molecule has 156 valence electrons. The number of hydrogen-bond acceptors (Lipinski definition) is 4. The Kier molecular flexibility index (Phi) is 7.20.